The van der Waals surface area contributed by atoms with Gasteiger partial charge in [-0.05, 0) is 18.1 Å². The lowest BCUT2D eigenvalue weighted by Crippen LogP contribution is -2.40. The van der Waals surface area contributed by atoms with Crippen molar-refractivity contribution in [3.05, 3.63) is 35.4 Å². The number of likely N-dealkylation sites (N-methyl/N-ethyl adjacent to an activating group) is 1. The van der Waals surface area contributed by atoms with Gasteiger partial charge < -0.3 is 15.4 Å². The van der Waals surface area contributed by atoms with Gasteiger partial charge >= 0.3 is 11.8 Å². The van der Waals surface area contributed by atoms with Gasteiger partial charge in [0.2, 0.25) is 0 Å². The summed E-state index contributed by atoms with van der Waals surface area (Å²) in [5.74, 6) is -1.32. The van der Waals surface area contributed by atoms with Crippen LogP contribution in [0.1, 0.15) is 17.2 Å². The van der Waals surface area contributed by atoms with E-state index in [9.17, 15) is 9.59 Å². The van der Waals surface area contributed by atoms with Crippen LogP contribution < -0.4 is 10.6 Å². The average molecular weight is 250 g/mol. The highest BCUT2D eigenvalue weighted by Gasteiger charge is 2.16. The minimum atomic E-state index is -0.659. The number of benzene rings is 1. The largest absolute Gasteiger partial charge is 0.375 e. The van der Waals surface area contributed by atoms with Gasteiger partial charge in [0.25, 0.3) is 0 Å². The molecule has 2 amide bonds. The van der Waals surface area contributed by atoms with E-state index in [2.05, 4.69) is 10.6 Å². The van der Waals surface area contributed by atoms with E-state index in [-0.39, 0.29) is 12.6 Å². The van der Waals surface area contributed by atoms with Crippen LogP contribution in [0.4, 0.5) is 0 Å². The third-order valence-corrected chi connectivity index (χ3v) is 2.70. The van der Waals surface area contributed by atoms with Crippen LogP contribution in [0.3, 0.4) is 0 Å². The minimum absolute atomic E-state index is 0.258. The molecule has 5 heteroatoms. The number of carbonyl (C=O) groups excluding carboxylic acids is 2. The van der Waals surface area contributed by atoms with Crippen LogP contribution in [0.15, 0.2) is 24.3 Å². The SMILES string of the molecule is CNC(=O)C(=O)NCC(OC)c1ccccc1C. The first-order valence-electron chi connectivity index (χ1n) is 5.68. The molecule has 0 saturated carbocycles. The second-order valence-corrected chi connectivity index (χ2v) is 3.87. The summed E-state index contributed by atoms with van der Waals surface area (Å²) in [6, 6.07) is 7.76. The highest BCUT2D eigenvalue weighted by Crippen LogP contribution is 2.19. The van der Waals surface area contributed by atoms with E-state index in [0.29, 0.717) is 0 Å². The zero-order chi connectivity index (χ0) is 13.5. The van der Waals surface area contributed by atoms with Gasteiger partial charge in [0.1, 0.15) is 0 Å². The maximum absolute atomic E-state index is 11.3. The molecule has 0 fully saturated rings. The molecule has 0 spiro atoms. The first kappa shape index (κ1) is 14.2. The quantitative estimate of drug-likeness (QED) is 0.767. The molecule has 5 nitrogen and oxygen atoms in total. The summed E-state index contributed by atoms with van der Waals surface area (Å²) in [5.41, 5.74) is 2.08. The summed E-state index contributed by atoms with van der Waals surface area (Å²) in [6.45, 7) is 2.23. The number of aryl methyl sites for hydroxylation is 1. The van der Waals surface area contributed by atoms with Crippen LogP contribution >= 0.6 is 0 Å². The lowest BCUT2D eigenvalue weighted by atomic mass is 10.0. The Morgan fingerprint density at radius 2 is 1.94 bits per heavy atom. The first-order valence-corrected chi connectivity index (χ1v) is 5.68. The number of ether oxygens (including phenoxy) is 1. The maximum atomic E-state index is 11.3. The normalized spacial score (nSPS) is 11.7. The third kappa shape index (κ3) is 3.56. The van der Waals surface area contributed by atoms with E-state index in [0.717, 1.165) is 11.1 Å². The summed E-state index contributed by atoms with van der Waals surface area (Å²) in [4.78, 5) is 22.4. The lowest BCUT2D eigenvalue weighted by Gasteiger charge is -2.18. The molecule has 1 aromatic rings. The number of nitrogens with one attached hydrogen (secondary N) is 2. The van der Waals surface area contributed by atoms with E-state index < -0.39 is 11.8 Å². The third-order valence-electron chi connectivity index (χ3n) is 2.70. The topological polar surface area (TPSA) is 67.4 Å². The zero-order valence-electron chi connectivity index (χ0n) is 10.8. The fraction of sp³-hybridized carbons (Fsp3) is 0.385. The van der Waals surface area contributed by atoms with Gasteiger partial charge in [-0.25, -0.2) is 0 Å². The first-order chi connectivity index (χ1) is 8.60. The number of rotatable bonds is 4. The molecule has 98 valence electrons. The Balaban J connectivity index is 2.66. The fourth-order valence-corrected chi connectivity index (χ4v) is 1.65. The van der Waals surface area contributed by atoms with Crippen molar-refractivity contribution < 1.29 is 14.3 Å². The van der Waals surface area contributed by atoms with Gasteiger partial charge in [-0.2, -0.15) is 0 Å². The summed E-state index contributed by atoms with van der Waals surface area (Å²) in [5, 5.41) is 4.80. The van der Waals surface area contributed by atoms with E-state index in [4.69, 9.17) is 4.74 Å². The molecule has 2 N–H and O–H groups in total. The molecule has 1 unspecified atom stereocenters. The number of amides is 2. The predicted molar refractivity (Wildman–Crippen MR) is 68.0 cm³/mol. The molecule has 1 rings (SSSR count). The van der Waals surface area contributed by atoms with Gasteiger partial charge in [-0.1, -0.05) is 24.3 Å². The second-order valence-electron chi connectivity index (χ2n) is 3.87. The van der Waals surface area contributed by atoms with Crippen molar-refractivity contribution in [1.29, 1.82) is 0 Å². The van der Waals surface area contributed by atoms with E-state index in [1.54, 1.807) is 7.11 Å². The Labute approximate surface area is 107 Å². The Morgan fingerprint density at radius 3 is 2.50 bits per heavy atom. The Kier molecular flexibility index (Phi) is 5.32. The molecular weight excluding hydrogens is 232 g/mol. The highest BCUT2D eigenvalue weighted by molar-refractivity contribution is 6.35. The molecule has 0 heterocycles. The molecule has 0 aliphatic rings. The average Bonchev–Trinajstić information content (AvgIpc) is 2.40. The van der Waals surface area contributed by atoms with Crippen molar-refractivity contribution in [2.45, 2.75) is 13.0 Å². The van der Waals surface area contributed by atoms with E-state index in [1.807, 2.05) is 31.2 Å². The Hall–Kier alpha value is -1.88. The Bertz CT molecular complexity index is 432. The predicted octanol–water partition coefficient (Wildman–Crippen LogP) is 0.545. The van der Waals surface area contributed by atoms with Crippen molar-refractivity contribution in [3.8, 4) is 0 Å². The molecule has 0 radical (unpaired) electrons. The van der Waals surface area contributed by atoms with Gasteiger partial charge in [-0.15, -0.1) is 0 Å². The van der Waals surface area contributed by atoms with Gasteiger partial charge in [0.15, 0.2) is 0 Å². The molecule has 1 aromatic carbocycles. The molecule has 1 atom stereocenters. The molecule has 0 aromatic heterocycles. The summed E-state index contributed by atoms with van der Waals surface area (Å²) >= 11 is 0. The minimum Gasteiger partial charge on any atom is -0.375 e. The fourth-order valence-electron chi connectivity index (χ4n) is 1.65. The van der Waals surface area contributed by atoms with Gasteiger partial charge in [0, 0.05) is 20.7 Å². The lowest BCUT2D eigenvalue weighted by molar-refractivity contribution is -0.139. The summed E-state index contributed by atoms with van der Waals surface area (Å²) in [6.07, 6.45) is -0.264. The van der Waals surface area contributed by atoms with Crippen molar-refractivity contribution in [1.82, 2.24) is 10.6 Å². The van der Waals surface area contributed by atoms with Crippen LogP contribution in [0, 0.1) is 6.92 Å². The standard InChI is InChI=1S/C13H18N2O3/c1-9-6-4-5-7-10(9)11(18-3)8-15-13(17)12(16)14-2/h4-7,11H,8H2,1-3H3,(H,14,16)(H,15,17). The monoisotopic (exact) mass is 250 g/mol. The summed E-state index contributed by atoms with van der Waals surface area (Å²) in [7, 11) is 2.99. The highest BCUT2D eigenvalue weighted by atomic mass is 16.5. The Morgan fingerprint density at radius 1 is 1.28 bits per heavy atom. The number of hydrogen-bond donors (Lipinski definition) is 2. The van der Waals surface area contributed by atoms with Crippen LogP contribution in [0.5, 0.6) is 0 Å². The molecule has 0 bridgehead atoms. The number of carbonyl (C=O) groups is 2. The van der Waals surface area contributed by atoms with E-state index in [1.165, 1.54) is 7.05 Å². The summed E-state index contributed by atoms with van der Waals surface area (Å²) < 4.78 is 5.33. The number of hydrogen-bond acceptors (Lipinski definition) is 3. The maximum Gasteiger partial charge on any atom is 0.309 e. The molecule has 18 heavy (non-hydrogen) atoms. The van der Waals surface area contributed by atoms with Gasteiger partial charge in [0.05, 0.1) is 6.10 Å². The molecular formula is C13H18N2O3. The van der Waals surface area contributed by atoms with Crippen LogP contribution in [0.25, 0.3) is 0 Å². The molecule has 0 aliphatic carbocycles. The smallest absolute Gasteiger partial charge is 0.309 e. The van der Waals surface area contributed by atoms with Crippen LogP contribution in [-0.2, 0) is 14.3 Å². The molecule has 0 saturated heterocycles. The van der Waals surface area contributed by atoms with Crippen molar-refractivity contribution in [2.24, 2.45) is 0 Å². The van der Waals surface area contributed by atoms with Crippen molar-refractivity contribution in [2.75, 3.05) is 20.7 Å². The van der Waals surface area contributed by atoms with Crippen LogP contribution in [-0.4, -0.2) is 32.5 Å². The number of methoxy groups -OCH3 is 1. The van der Waals surface area contributed by atoms with Crippen LogP contribution in [0.2, 0.25) is 0 Å². The zero-order valence-corrected chi connectivity index (χ0v) is 10.8. The van der Waals surface area contributed by atoms with Crippen molar-refractivity contribution in [3.63, 3.8) is 0 Å². The van der Waals surface area contributed by atoms with Crippen molar-refractivity contribution >= 4 is 11.8 Å². The molecule has 0 aliphatic heterocycles. The van der Waals surface area contributed by atoms with E-state index >= 15 is 0 Å². The second kappa shape index (κ2) is 6.76. The van der Waals surface area contributed by atoms with Gasteiger partial charge in [-0.3, -0.25) is 9.59 Å².